The fourth-order valence-corrected chi connectivity index (χ4v) is 3.95. The predicted molar refractivity (Wildman–Crippen MR) is 121 cm³/mol. The summed E-state index contributed by atoms with van der Waals surface area (Å²) in [5, 5.41) is 2.05. The molecule has 0 saturated heterocycles. The van der Waals surface area contributed by atoms with Gasteiger partial charge in [0.1, 0.15) is 0 Å². The number of furan rings is 1. The molecule has 1 amide bonds. The van der Waals surface area contributed by atoms with Gasteiger partial charge in [-0.1, -0.05) is 6.07 Å². The highest BCUT2D eigenvalue weighted by atomic mass is 32.1. The minimum Gasteiger partial charge on any atom is -0.490 e. The monoisotopic (exact) mass is 443 g/mol. The second-order valence-electron chi connectivity index (χ2n) is 6.79. The summed E-state index contributed by atoms with van der Waals surface area (Å²) in [7, 11) is 0. The Hall–Kier alpha value is -2.93. The van der Waals surface area contributed by atoms with E-state index in [4.69, 9.17) is 18.6 Å². The van der Waals surface area contributed by atoms with E-state index in [1.54, 1.807) is 36.0 Å². The van der Waals surface area contributed by atoms with Crippen molar-refractivity contribution in [3.8, 4) is 17.2 Å². The van der Waals surface area contributed by atoms with E-state index >= 15 is 0 Å². The summed E-state index contributed by atoms with van der Waals surface area (Å²) in [6.07, 6.45) is 4.07. The van der Waals surface area contributed by atoms with Gasteiger partial charge in [0.15, 0.2) is 11.5 Å². The van der Waals surface area contributed by atoms with Gasteiger partial charge in [0.2, 0.25) is 5.75 Å². The highest BCUT2D eigenvalue weighted by Gasteiger charge is 2.22. The standard InChI is InChI=1S/C24H29NO5S/c1-4-28-21-14-19(15-22(29-5-2)23(21)30-6-3)24(26)25(16-18-10-12-27-17-18)11-9-20-8-7-13-31-20/h7-8,10,12-15,17H,4-6,9,11,16H2,1-3H3. The van der Waals surface area contributed by atoms with Crippen LogP contribution >= 0.6 is 11.3 Å². The molecule has 2 aromatic heterocycles. The first kappa shape index (κ1) is 22.7. The third kappa shape index (κ3) is 6.04. The Balaban J connectivity index is 1.92. The Morgan fingerprint density at radius 1 is 1.03 bits per heavy atom. The van der Waals surface area contributed by atoms with Gasteiger partial charge < -0.3 is 23.5 Å². The fraction of sp³-hybridized carbons (Fsp3) is 0.375. The van der Waals surface area contributed by atoms with E-state index < -0.39 is 0 Å². The van der Waals surface area contributed by atoms with Crippen molar-refractivity contribution >= 4 is 17.2 Å². The largest absolute Gasteiger partial charge is 0.490 e. The molecule has 0 aliphatic heterocycles. The second kappa shape index (κ2) is 11.5. The van der Waals surface area contributed by atoms with Gasteiger partial charge in [0.25, 0.3) is 5.91 Å². The molecule has 0 aliphatic rings. The number of nitrogens with zero attached hydrogens (tertiary/aromatic N) is 1. The van der Waals surface area contributed by atoms with E-state index in [0.29, 0.717) is 55.7 Å². The van der Waals surface area contributed by atoms with Gasteiger partial charge in [0.05, 0.1) is 32.3 Å². The first-order chi connectivity index (χ1) is 15.2. The molecule has 0 bridgehead atoms. The van der Waals surface area contributed by atoms with Gasteiger partial charge in [-0.3, -0.25) is 4.79 Å². The van der Waals surface area contributed by atoms with E-state index in [1.165, 1.54) is 4.88 Å². The number of hydrogen-bond donors (Lipinski definition) is 0. The van der Waals surface area contributed by atoms with Crippen LogP contribution in [0.3, 0.4) is 0 Å². The minimum absolute atomic E-state index is 0.0947. The third-order valence-electron chi connectivity index (χ3n) is 4.61. The van der Waals surface area contributed by atoms with Crippen molar-refractivity contribution in [1.82, 2.24) is 4.90 Å². The van der Waals surface area contributed by atoms with Crippen molar-refractivity contribution < 1.29 is 23.4 Å². The molecule has 0 spiro atoms. The zero-order valence-electron chi connectivity index (χ0n) is 18.3. The zero-order chi connectivity index (χ0) is 22.1. The second-order valence-corrected chi connectivity index (χ2v) is 7.82. The van der Waals surface area contributed by atoms with Crippen LogP contribution < -0.4 is 14.2 Å². The van der Waals surface area contributed by atoms with Gasteiger partial charge >= 0.3 is 0 Å². The first-order valence-electron chi connectivity index (χ1n) is 10.5. The predicted octanol–water partition coefficient (Wildman–Crippen LogP) is 5.42. The lowest BCUT2D eigenvalue weighted by Gasteiger charge is -2.23. The van der Waals surface area contributed by atoms with Gasteiger partial charge in [-0.2, -0.15) is 0 Å². The van der Waals surface area contributed by atoms with Crippen LogP contribution in [0.15, 0.2) is 52.7 Å². The third-order valence-corrected chi connectivity index (χ3v) is 5.54. The molecule has 0 saturated carbocycles. The number of rotatable bonds is 12. The van der Waals surface area contributed by atoms with Crippen LogP contribution in [0.1, 0.15) is 41.6 Å². The number of carbonyl (C=O) groups excluding carboxylic acids is 1. The Morgan fingerprint density at radius 3 is 2.29 bits per heavy atom. The maximum absolute atomic E-state index is 13.6. The number of hydrogen-bond acceptors (Lipinski definition) is 6. The van der Waals surface area contributed by atoms with E-state index in [0.717, 1.165) is 12.0 Å². The molecule has 0 aliphatic carbocycles. The molecule has 1 aromatic carbocycles. The van der Waals surface area contributed by atoms with Gasteiger partial charge in [-0.15, -0.1) is 11.3 Å². The van der Waals surface area contributed by atoms with Crippen molar-refractivity contribution in [3.63, 3.8) is 0 Å². The van der Waals surface area contributed by atoms with Crippen LogP contribution in [0, 0.1) is 0 Å². The maximum Gasteiger partial charge on any atom is 0.254 e. The van der Waals surface area contributed by atoms with Gasteiger partial charge in [0, 0.05) is 29.1 Å². The van der Waals surface area contributed by atoms with E-state index in [-0.39, 0.29) is 5.91 Å². The molecule has 166 valence electrons. The van der Waals surface area contributed by atoms with Crippen LogP contribution in [-0.2, 0) is 13.0 Å². The number of amides is 1. The molecule has 6 nitrogen and oxygen atoms in total. The van der Waals surface area contributed by atoms with Crippen molar-refractivity contribution in [3.05, 3.63) is 64.2 Å². The van der Waals surface area contributed by atoms with Crippen LogP contribution in [0.25, 0.3) is 0 Å². The summed E-state index contributed by atoms with van der Waals surface area (Å²) >= 11 is 1.69. The number of thiophene rings is 1. The zero-order valence-corrected chi connectivity index (χ0v) is 19.1. The highest BCUT2D eigenvalue weighted by molar-refractivity contribution is 7.09. The summed E-state index contributed by atoms with van der Waals surface area (Å²) in [5.74, 6) is 1.46. The lowest BCUT2D eigenvalue weighted by atomic mass is 10.1. The molecule has 0 N–H and O–H groups in total. The van der Waals surface area contributed by atoms with Gasteiger partial charge in [-0.25, -0.2) is 0 Å². The van der Waals surface area contributed by atoms with Crippen molar-refractivity contribution in [2.75, 3.05) is 26.4 Å². The molecule has 2 heterocycles. The lowest BCUT2D eigenvalue weighted by molar-refractivity contribution is 0.0744. The quantitative estimate of drug-likeness (QED) is 0.374. The van der Waals surface area contributed by atoms with Crippen LogP contribution in [-0.4, -0.2) is 37.2 Å². The Morgan fingerprint density at radius 2 is 1.74 bits per heavy atom. The van der Waals surface area contributed by atoms with Crippen molar-refractivity contribution in [2.24, 2.45) is 0 Å². The fourth-order valence-electron chi connectivity index (χ4n) is 3.25. The summed E-state index contributed by atoms with van der Waals surface area (Å²) < 4.78 is 22.5. The number of ether oxygens (including phenoxy) is 3. The molecular weight excluding hydrogens is 414 g/mol. The lowest BCUT2D eigenvalue weighted by Crippen LogP contribution is -2.32. The SMILES string of the molecule is CCOc1cc(C(=O)N(CCc2cccs2)Cc2ccoc2)cc(OCC)c1OCC. The van der Waals surface area contributed by atoms with Crippen molar-refractivity contribution in [1.29, 1.82) is 0 Å². The molecule has 0 fully saturated rings. The molecule has 0 atom stereocenters. The van der Waals surface area contributed by atoms with E-state index in [9.17, 15) is 4.79 Å². The molecule has 0 unspecified atom stereocenters. The first-order valence-corrected chi connectivity index (χ1v) is 11.4. The Labute approximate surface area is 187 Å². The van der Waals surface area contributed by atoms with Crippen LogP contribution in [0.5, 0.6) is 17.2 Å². The van der Waals surface area contributed by atoms with E-state index in [1.807, 2.05) is 43.2 Å². The maximum atomic E-state index is 13.6. The molecule has 31 heavy (non-hydrogen) atoms. The smallest absolute Gasteiger partial charge is 0.254 e. The highest BCUT2D eigenvalue weighted by Crippen LogP contribution is 2.39. The summed E-state index contributed by atoms with van der Waals surface area (Å²) in [4.78, 5) is 16.6. The average Bonchev–Trinajstić information content (AvgIpc) is 3.47. The summed E-state index contributed by atoms with van der Waals surface area (Å²) in [6.45, 7) is 8.14. The molecule has 7 heteroatoms. The van der Waals surface area contributed by atoms with Crippen molar-refractivity contribution in [2.45, 2.75) is 33.7 Å². The van der Waals surface area contributed by atoms with Gasteiger partial charge in [-0.05, 0) is 56.8 Å². The minimum atomic E-state index is -0.0947. The molecule has 3 rings (SSSR count). The number of carbonyl (C=O) groups is 1. The Kier molecular flexibility index (Phi) is 8.41. The topological polar surface area (TPSA) is 61.1 Å². The normalized spacial score (nSPS) is 10.7. The summed E-state index contributed by atoms with van der Waals surface area (Å²) in [5.41, 5.74) is 1.45. The molecule has 0 radical (unpaired) electrons. The van der Waals surface area contributed by atoms with Crippen LogP contribution in [0.4, 0.5) is 0 Å². The van der Waals surface area contributed by atoms with E-state index in [2.05, 4.69) is 6.07 Å². The Bertz CT molecular complexity index is 910. The number of benzene rings is 1. The van der Waals surface area contributed by atoms with Crippen LogP contribution in [0.2, 0.25) is 0 Å². The average molecular weight is 444 g/mol. The molecule has 3 aromatic rings. The molecular formula is C24H29NO5S. The summed E-state index contributed by atoms with van der Waals surface area (Å²) in [6, 6.07) is 9.47.